The van der Waals surface area contributed by atoms with Crippen molar-refractivity contribution in [2.45, 2.75) is 44.7 Å². The van der Waals surface area contributed by atoms with Gasteiger partial charge in [0.25, 0.3) is 6.43 Å². The average molecular weight is 507 g/mol. The Labute approximate surface area is 212 Å². The average Bonchev–Trinajstić information content (AvgIpc) is 3.50. The molecular weight excluding hydrogens is 478 g/mol. The van der Waals surface area contributed by atoms with Crippen LogP contribution in [0.5, 0.6) is 0 Å². The zero-order valence-corrected chi connectivity index (χ0v) is 21.0. The lowest BCUT2D eigenvalue weighted by Gasteiger charge is -2.32. The van der Waals surface area contributed by atoms with Gasteiger partial charge in [0, 0.05) is 67.7 Å². The summed E-state index contributed by atoms with van der Waals surface area (Å²) >= 11 is 0. The van der Waals surface area contributed by atoms with Gasteiger partial charge in [-0.25, -0.2) is 13.8 Å². The van der Waals surface area contributed by atoms with E-state index in [1.807, 2.05) is 13.0 Å². The second kappa shape index (κ2) is 9.02. The number of halogens is 2. The fraction of sp³-hybridized carbons (Fsp3) is 0.407. The van der Waals surface area contributed by atoms with E-state index in [1.165, 1.54) is 6.07 Å². The number of fused-ring (bicyclic) bond motifs is 2. The number of nitrogens with zero attached hydrogens (tertiary/aromatic N) is 6. The van der Waals surface area contributed by atoms with Crippen LogP contribution in [0, 0.1) is 0 Å². The molecule has 0 bridgehead atoms. The number of alkyl halides is 2. The molecule has 5 heterocycles. The first-order valence-electron chi connectivity index (χ1n) is 12.5. The number of amides is 1. The highest BCUT2D eigenvalue weighted by atomic mass is 19.3. The first-order chi connectivity index (χ1) is 17.8. The molecule has 3 aromatic heterocycles. The van der Waals surface area contributed by atoms with Crippen LogP contribution in [-0.2, 0) is 23.1 Å². The van der Waals surface area contributed by atoms with Gasteiger partial charge in [0.2, 0.25) is 5.91 Å². The SMILES string of the molecule is C[C@@H]1C(=O)N(C)Cc2c(-c3ccnc4cc(-c5cnn(C)c5)c(C(F)F)cc34)nc(C3CCOCC3)n21. The van der Waals surface area contributed by atoms with Crippen LogP contribution in [0.4, 0.5) is 8.78 Å². The van der Waals surface area contributed by atoms with Crippen molar-refractivity contribution in [1.82, 2.24) is 29.2 Å². The van der Waals surface area contributed by atoms with Gasteiger partial charge in [0.05, 0.1) is 29.6 Å². The maximum absolute atomic E-state index is 14.3. The van der Waals surface area contributed by atoms with Gasteiger partial charge in [-0.05, 0) is 43.5 Å². The van der Waals surface area contributed by atoms with Crippen LogP contribution < -0.4 is 0 Å². The third kappa shape index (κ3) is 3.90. The molecule has 1 fully saturated rings. The van der Waals surface area contributed by atoms with E-state index < -0.39 is 12.5 Å². The number of carbonyl (C=O) groups is 1. The molecule has 0 aliphatic carbocycles. The van der Waals surface area contributed by atoms with Gasteiger partial charge < -0.3 is 14.2 Å². The molecule has 192 valence electrons. The van der Waals surface area contributed by atoms with Crippen LogP contribution in [0.15, 0.2) is 36.8 Å². The van der Waals surface area contributed by atoms with Crippen molar-refractivity contribution in [2.75, 3.05) is 20.3 Å². The standard InChI is InChI=1S/C27H28F2N6O2/c1-15-27(36)33(2)14-23-24(32-26(35(15)23)16-5-8-37-9-6-16)18-4-7-30-22-11-19(17-12-31-34(3)13-17)21(25(28)29)10-20(18)22/h4,7,10-13,15-16,25H,5-6,8-9,14H2,1-3H3/t15-/m1/s1. The quantitative estimate of drug-likeness (QED) is 0.395. The molecule has 4 aromatic rings. The number of benzene rings is 1. The van der Waals surface area contributed by atoms with Gasteiger partial charge in [0.1, 0.15) is 11.9 Å². The number of pyridine rings is 1. The lowest BCUT2D eigenvalue weighted by Crippen LogP contribution is -2.40. The van der Waals surface area contributed by atoms with E-state index in [-0.39, 0.29) is 17.4 Å². The second-order valence-corrected chi connectivity index (χ2v) is 9.91. The Morgan fingerprint density at radius 2 is 1.92 bits per heavy atom. The summed E-state index contributed by atoms with van der Waals surface area (Å²) in [6.45, 7) is 3.60. The lowest BCUT2D eigenvalue weighted by molar-refractivity contribution is -0.135. The number of likely N-dealkylation sites (N-methyl/N-ethyl adjacent to an activating group) is 1. The van der Waals surface area contributed by atoms with E-state index in [4.69, 9.17) is 9.72 Å². The number of imidazole rings is 1. The molecule has 0 spiro atoms. The molecule has 1 atom stereocenters. The van der Waals surface area contributed by atoms with Gasteiger partial charge in [-0.15, -0.1) is 0 Å². The number of ether oxygens (including phenoxy) is 1. The fourth-order valence-corrected chi connectivity index (χ4v) is 5.67. The van der Waals surface area contributed by atoms with E-state index in [0.29, 0.717) is 41.8 Å². The summed E-state index contributed by atoms with van der Waals surface area (Å²) < 4.78 is 37.9. The molecule has 2 aliphatic rings. The molecule has 2 aliphatic heterocycles. The van der Waals surface area contributed by atoms with Crippen molar-refractivity contribution in [3.63, 3.8) is 0 Å². The van der Waals surface area contributed by atoms with Gasteiger partial charge in [-0.2, -0.15) is 5.10 Å². The maximum atomic E-state index is 14.3. The third-order valence-corrected chi connectivity index (χ3v) is 7.55. The van der Waals surface area contributed by atoms with Crippen molar-refractivity contribution in [3.8, 4) is 22.4 Å². The zero-order chi connectivity index (χ0) is 25.8. The van der Waals surface area contributed by atoms with Crippen LogP contribution in [0.25, 0.3) is 33.3 Å². The third-order valence-electron chi connectivity index (χ3n) is 7.55. The smallest absolute Gasteiger partial charge is 0.264 e. The summed E-state index contributed by atoms with van der Waals surface area (Å²) in [6, 6.07) is 4.68. The first-order valence-corrected chi connectivity index (χ1v) is 12.5. The molecule has 0 saturated carbocycles. The summed E-state index contributed by atoms with van der Waals surface area (Å²) in [4.78, 5) is 24.3. The second-order valence-electron chi connectivity index (χ2n) is 9.91. The van der Waals surface area contributed by atoms with E-state index in [2.05, 4.69) is 14.6 Å². The molecular formula is C27H28F2N6O2. The number of rotatable bonds is 4. The number of aromatic nitrogens is 5. The Kier molecular flexibility index (Phi) is 5.78. The minimum absolute atomic E-state index is 0.0328. The molecule has 37 heavy (non-hydrogen) atoms. The molecule has 1 aromatic carbocycles. The molecule has 0 unspecified atom stereocenters. The van der Waals surface area contributed by atoms with E-state index in [9.17, 15) is 13.6 Å². The zero-order valence-electron chi connectivity index (χ0n) is 21.0. The van der Waals surface area contributed by atoms with Gasteiger partial charge in [-0.1, -0.05) is 0 Å². The van der Waals surface area contributed by atoms with Crippen molar-refractivity contribution in [2.24, 2.45) is 7.05 Å². The minimum atomic E-state index is -2.68. The Bertz CT molecular complexity index is 1500. The highest BCUT2D eigenvalue weighted by Crippen LogP contribution is 2.41. The highest BCUT2D eigenvalue weighted by molar-refractivity contribution is 5.97. The summed E-state index contributed by atoms with van der Waals surface area (Å²) in [7, 11) is 3.54. The first kappa shape index (κ1) is 23.7. The molecule has 0 N–H and O–H groups in total. The Hall–Kier alpha value is -3.66. The molecule has 10 heteroatoms. The van der Waals surface area contributed by atoms with Gasteiger partial charge >= 0.3 is 0 Å². The van der Waals surface area contributed by atoms with Gasteiger partial charge in [0.15, 0.2) is 0 Å². The summed E-state index contributed by atoms with van der Waals surface area (Å²) in [5.74, 6) is 1.07. The van der Waals surface area contributed by atoms with Gasteiger partial charge in [-0.3, -0.25) is 14.5 Å². The van der Waals surface area contributed by atoms with Crippen molar-refractivity contribution < 1.29 is 18.3 Å². The Morgan fingerprint density at radius 3 is 2.62 bits per heavy atom. The minimum Gasteiger partial charge on any atom is -0.381 e. The topological polar surface area (TPSA) is 78.1 Å². The highest BCUT2D eigenvalue weighted by Gasteiger charge is 2.36. The number of hydrogen-bond donors (Lipinski definition) is 0. The lowest BCUT2D eigenvalue weighted by atomic mass is 9.96. The van der Waals surface area contributed by atoms with Crippen LogP contribution in [0.3, 0.4) is 0 Å². The summed E-state index contributed by atoms with van der Waals surface area (Å²) in [5, 5.41) is 4.76. The predicted octanol–water partition coefficient (Wildman–Crippen LogP) is 4.86. The van der Waals surface area contributed by atoms with Crippen molar-refractivity contribution >= 4 is 16.8 Å². The predicted molar refractivity (Wildman–Crippen MR) is 134 cm³/mol. The number of aryl methyl sites for hydroxylation is 1. The molecule has 1 amide bonds. The summed E-state index contributed by atoms with van der Waals surface area (Å²) in [6.07, 6.45) is 3.97. The van der Waals surface area contributed by atoms with E-state index in [0.717, 1.165) is 35.6 Å². The van der Waals surface area contributed by atoms with Crippen LogP contribution in [-0.4, -0.2) is 55.4 Å². The Balaban J connectivity index is 1.58. The summed E-state index contributed by atoms with van der Waals surface area (Å²) in [5.41, 5.74) is 3.92. The fourth-order valence-electron chi connectivity index (χ4n) is 5.67. The maximum Gasteiger partial charge on any atom is 0.264 e. The number of carbonyl (C=O) groups excluding carboxylic acids is 1. The van der Waals surface area contributed by atoms with Crippen LogP contribution in [0.2, 0.25) is 0 Å². The largest absolute Gasteiger partial charge is 0.381 e. The number of hydrogen-bond acceptors (Lipinski definition) is 5. The van der Waals surface area contributed by atoms with Crippen molar-refractivity contribution in [1.29, 1.82) is 0 Å². The molecule has 1 saturated heterocycles. The van der Waals surface area contributed by atoms with Crippen LogP contribution in [0.1, 0.15) is 55.2 Å². The molecule has 6 rings (SSSR count). The monoisotopic (exact) mass is 506 g/mol. The normalized spacial score (nSPS) is 18.7. The van der Waals surface area contributed by atoms with E-state index in [1.54, 1.807) is 48.3 Å². The van der Waals surface area contributed by atoms with Crippen molar-refractivity contribution in [3.05, 3.63) is 53.9 Å². The molecule has 0 radical (unpaired) electrons. The molecule has 8 nitrogen and oxygen atoms in total. The van der Waals surface area contributed by atoms with Crippen LogP contribution >= 0.6 is 0 Å². The van der Waals surface area contributed by atoms with E-state index >= 15 is 0 Å². The Morgan fingerprint density at radius 1 is 1.14 bits per heavy atom.